The van der Waals surface area contributed by atoms with E-state index in [9.17, 15) is 12.8 Å². The predicted molar refractivity (Wildman–Crippen MR) is 89.7 cm³/mol. The van der Waals surface area contributed by atoms with Crippen LogP contribution in [0.5, 0.6) is 0 Å². The Morgan fingerprint density at radius 1 is 1.08 bits per heavy atom. The minimum Gasteiger partial charge on any atom is -0.371 e. The summed E-state index contributed by atoms with van der Waals surface area (Å²) in [5.74, 6) is -0.284. The highest BCUT2D eigenvalue weighted by atomic mass is 32.2. The van der Waals surface area contributed by atoms with Crippen molar-refractivity contribution < 1.29 is 17.5 Å². The first-order valence-electron chi connectivity index (χ1n) is 7.80. The molecule has 24 heavy (non-hydrogen) atoms. The van der Waals surface area contributed by atoms with Gasteiger partial charge in [0, 0.05) is 13.1 Å². The first kappa shape index (κ1) is 17.1. The maximum atomic E-state index is 12.8. The van der Waals surface area contributed by atoms with Crippen LogP contribution in [0.4, 0.5) is 4.39 Å². The van der Waals surface area contributed by atoms with Crippen molar-refractivity contribution in [2.24, 2.45) is 0 Å². The third-order valence-corrected chi connectivity index (χ3v) is 6.16. The third kappa shape index (κ3) is 3.50. The molecule has 0 atom stereocenters. The summed E-state index contributed by atoms with van der Waals surface area (Å²) >= 11 is 0. The molecule has 2 aromatic rings. The van der Waals surface area contributed by atoms with Crippen molar-refractivity contribution >= 4 is 10.0 Å². The minimum absolute atomic E-state index is 0.128. The minimum atomic E-state index is -3.46. The average Bonchev–Trinajstić information content (AvgIpc) is 2.50. The summed E-state index contributed by atoms with van der Waals surface area (Å²) in [6.07, 6.45) is -0.128. The van der Waals surface area contributed by atoms with Gasteiger partial charge in [-0.15, -0.1) is 0 Å². The van der Waals surface area contributed by atoms with E-state index >= 15 is 0 Å². The molecule has 0 aliphatic carbocycles. The van der Waals surface area contributed by atoms with Gasteiger partial charge in [0.25, 0.3) is 0 Å². The first-order chi connectivity index (χ1) is 11.4. The first-order valence-corrected chi connectivity index (χ1v) is 9.24. The van der Waals surface area contributed by atoms with Gasteiger partial charge in [0.15, 0.2) is 0 Å². The summed E-state index contributed by atoms with van der Waals surface area (Å²) < 4.78 is 45.1. The smallest absolute Gasteiger partial charge is 0.243 e. The van der Waals surface area contributed by atoms with Gasteiger partial charge in [-0.25, -0.2) is 12.8 Å². The maximum absolute atomic E-state index is 12.8. The molecule has 0 bridgehead atoms. The topological polar surface area (TPSA) is 46.6 Å². The zero-order chi connectivity index (χ0) is 17.3. The van der Waals surface area contributed by atoms with E-state index in [2.05, 4.69) is 0 Å². The summed E-state index contributed by atoms with van der Waals surface area (Å²) in [6.45, 7) is 4.89. The zero-order valence-corrected chi connectivity index (χ0v) is 14.5. The molecular formula is C18H20FNO3S. The Bertz CT molecular complexity index is 828. The molecule has 1 saturated heterocycles. The molecule has 0 radical (unpaired) electrons. The second-order valence-corrected chi connectivity index (χ2v) is 8.07. The molecule has 1 heterocycles. The lowest BCUT2D eigenvalue weighted by Gasteiger charge is -2.37. The molecule has 0 amide bonds. The molecule has 1 fully saturated rings. The van der Waals surface area contributed by atoms with E-state index in [-0.39, 0.29) is 11.9 Å². The fourth-order valence-corrected chi connectivity index (χ4v) is 4.11. The monoisotopic (exact) mass is 349 g/mol. The normalized spacial score (nSPS) is 16.1. The second kappa shape index (κ2) is 6.63. The van der Waals surface area contributed by atoms with Crippen LogP contribution in [0, 0.1) is 19.7 Å². The van der Waals surface area contributed by atoms with E-state index < -0.39 is 10.0 Å². The number of ether oxygens (including phenoxy) is 1. The molecule has 0 unspecified atom stereocenters. The van der Waals surface area contributed by atoms with Crippen LogP contribution >= 0.6 is 0 Å². The fourth-order valence-electron chi connectivity index (χ4n) is 2.52. The van der Waals surface area contributed by atoms with Crippen molar-refractivity contribution in [3.8, 4) is 0 Å². The summed E-state index contributed by atoms with van der Waals surface area (Å²) in [6, 6.07) is 11.3. The molecular weight excluding hydrogens is 329 g/mol. The quantitative estimate of drug-likeness (QED) is 0.834. The number of rotatable bonds is 5. The van der Waals surface area contributed by atoms with E-state index in [1.807, 2.05) is 19.9 Å². The van der Waals surface area contributed by atoms with Gasteiger partial charge in [0.05, 0.1) is 17.6 Å². The van der Waals surface area contributed by atoms with Crippen molar-refractivity contribution in [3.05, 3.63) is 65.0 Å². The Hall–Kier alpha value is -1.76. The molecule has 0 saturated carbocycles. The molecule has 0 spiro atoms. The van der Waals surface area contributed by atoms with E-state index in [1.165, 1.54) is 16.4 Å². The Kier molecular flexibility index (Phi) is 4.71. The van der Waals surface area contributed by atoms with Gasteiger partial charge in [-0.2, -0.15) is 4.31 Å². The van der Waals surface area contributed by atoms with Crippen LogP contribution < -0.4 is 0 Å². The Morgan fingerprint density at radius 2 is 1.75 bits per heavy atom. The highest BCUT2D eigenvalue weighted by molar-refractivity contribution is 7.89. The van der Waals surface area contributed by atoms with Crippen molar-refractivity contribution in [1.29, 1.82) is 0 Å². The van der Waals surface area contributed by atoms with Crippen molar-refractivity contribution in [2.45, 2.75) is 31.5 Å². The molecule has 0 aromatic heterocycles. The standard InChI is InChI=1S/C18H20FNO3S/c1-13-3-8-18(9-14(13)2)24(21,22)20-10-17(11-20)23-12-15-4-6-16(19)7-5-15/h3-9,17H,10-12H2,1-2H3. The van der Waals surface area contributed by atoms with Crippen LogP contribution in [0.3, 0.4) is 0 Å². The van der Waals surface area contributed by atoms with Crippen LogP contribution in [0.1, 0.15) is 16.7 Å². The molecule has 4 nitrogen and oxygen atoms in total. The number of halogens is 1. The SMILES string of the molecule is Cc1ccc(S(=O)(=O)N2CC(OCc3ccc(F)cc3)C2)cc1C. The van der Waals surface area contributed by atoms with Gasteiger partial charge < -0.3 is 4.74 Å². The number of nitrogens with zero attached hydrogens (tertiary/aromatic N) is 1. The molecule has 2 aromatic carbocycles. The van der Waals surface area contributed by atoms with Gasteiger partial charge >= 0.3 is 0 Å². The second-order valence-electron chi connectivity index (χ2n) is 6.13. The Morgan fingerprint density at radius 3 is 2.38 bits per heavy atom. The highest BCUT2D eigenvalue weighted by Gasteiger charge is 2.37. The fraction of sp³-hybridized carbons (Fsp3) is 0.333. The number of aryl methyl sites for hydroxylation is 2. The number of hydrogen-bond acceptors (Lipinski definition) is 3. The van der Waals surface area contributed by atoms with E-state index in [0.29, 0.717) is 24.6 Å². The van der Waals surface area contributed by atoms with Crippen LogP contribution in [-0.2, 0) is 21.4 Å². The molecule has 3 rings (SSSR count). The van der Waals surface area contributed by atoms with Crippen molar-refractivity contribution in [1.82, 2.24) is 4.31 Å². The van der Waals surface area contributed by atoms with Crippen molar-refractivity contribution in [2.75, 3.05) is 13.1 Å². The van der Waals surface area contributed by atoms with Gasteiger partial charge in [0.1, 0.15) is 5.82 Å². The zero-order valence-electron chi connectivity index (χ0n) is 13.7. The molecule has 1 aliphatic heterocycles. The molecule has 0 N–H and O–H groups in total. The molecule has 1 aliphatic rings. The van der Waals surface area contributed by atoms with E-state index in [1.54, 1.807) is 24.3 Å². The number of benzene rings is 2. The lowest BCUT2D eigenvalue weighted by molar-refractivity contribution is -0.0295. The number of hydrogen-bond donors (Lipinski definition) is 0. The van der Waals surface area contributed by atoms with Crippen LogP contribution in [0.15, 0.2) is 47.4 Å². The molecule has 128 valence electrons. The van der Waals surface area contributed by atoms with Crippen LogP contribution in [-0.4, -0.2) is 31.9 Å². The van der Waals surface area contributed by atoms with Gasteiger partial charge in [-0.3, -0.25) is 0 Å². The lowest BCUT2D eigenvalue weighted by Crippen LogP contribution is -2.54. The molecule has 6 heteroatoms. The number of sulfonamides is 1. The predicted octanol–water partition coefficient (Wildman–Crippen LogP) is 3.03. The maximum Gasteiger partial charge on any atom is 0.243 e. The Labute approximate surface area is 141 Å². The van der Waals surface area contributed by atoms with E-state index in [0.717, 1.165) is 16.7 Å². The highest BCUT2D eigenvalue weighted by Crippen LogP contribution is 2.25. The lowest BCUT2D eigenvalue weighted by atomic mass is 10.1. The van der Waals surface area contributed by atoms with Gasteiger partial charge in [-0.05, 0) is 54.8 Å². The third-order valence-electron chi connectivity index (χ3n) is 4.33. The summed E-state index contributed by atoms with van der Waals surface area (Å²) in [4.78, 5) is 0.322. The van der Waals surface area contributed by atoms with Crippen LogP contribution in [0.25, 0.3) is 0 Å². The van der Waals surface area contributed by atoms with Crippen LogP contribution in [0.2, 0.25) is 0 Å². The Balaban J connectivity index is 1.57. The van der Waals surface area contributed by atoms with E-state index in [4.69, 9.17) is 4.74 Å². The largest absolute Gasteiger partial charge is 0.371 e. The average molecular weight is 349 g/mol. The van der Waals surface area contributed by atoms with Gasteiger partial charge in [-0.1, -0.05) is 18.2 Å². The summed E-state index contributed by atoms with van der Waals surface area (Å²) in [5.41, 5.74) is 2.89. The summed E-state index contributed by atoms with van der Waals surface area (Å²) in [7, 11) is -3.46. The summed E-state index contributed by atoms with van der Waals surface area (Å²) in [5, 5.41) is 0. The van der Waals surface area contributed by atoms with Gasteiger partial charge in [0.2, 0.25) is 10.0 Å². The van der Waals surface area contributed by atoms with Crippen molar-refractivity contribution in [3.63, 3.8) is 0 Å².